The first-order valence-electron chi connectivity index (χ1n) is 15.1. The minimum atomic E-state index is -4.80. The third-order valence-electron chi connectivity index (χ3n) is 7.38. The lowest BCUT2D eigenvalue weighted by Crippen LogP contribution is -2.44. The first-order chi connectivity index (χ1) is 23.0. The first kappa shape index (κ1) is 40.3. The second-order valence-corrected chi connectivity index (χ2v) is 11.5. The molecule has 49 heavy (non-hydrogen) atoms. The van der Waals surface area contributed by atoms with Crippen LogP contribution >= 0.6 is 12.2 Å². The highest BCUT2D eigenvalue weighted by atomic mass is 32.1. The molecule has 0 radical (unpaired) electrons. The van der Waals surface area contributed by atoms with Gasteiger partial charge in [0.1, 0.15) is 5.82 Å². The average Bonchev–Trinajstić information content (AvgIpc) is 3.06. The summed E-state index contributed by atoms with van der Waals surface area (Å²) in [4.78, 5) is 43.1. The highest BCUT2D eigenvalue weighted by Gasteiger charge is 2.33. The van der Waals surface area contributed by atoms with Crippen LogP contribution in [0.15, 0.2) is 66.7 Å². The number of alkyl halides is 3. The highest BCUT2D eigenvalue weighted by molar-refractivity contribution is 7.80. The minimum Gasteiger partial charge on any atom is -0.369 e. The number of likely N-dealkylation sites (N-methyl/N-ethyl adjacent to an activating group) is 1. The van der Waals surface area contributed by atoms with E-state index in [-0.39, 0.29) is 41.7 Å². The molecule has 0 saturated heterocycles. The van der Waals surface area contributed by atoms with Gasteiger partial charge in [-0.1, -0.05) is 30.4 Å². The Kier molecular flexibility index (Phi) is 14.9. The Balaban J connectivity index is 0.00000267. The van der Waals surface area contributed by atoms with E-state index < -0.39 is 29.2 Å². The summed E-state index contributed by atoms with van der Waals surface area (Å²) in [6, 6.07) is 12.2. The van der Waals surface area contributed by atoms with Gasteiger partial charge in [-0.3, -0.25) is 14.4 Å². The van der Waals surface area contributed by atoms with Crippen molar-refractivity contribution in [1.82, 2.24) is 20.4 Å². The Morgan fingerprint density at radius 3 is 2.14 bits per heavy atom. The van der Waals surface area contributed by atoms with Crippen LogP contribution in [0.3, 0.4) is 0 Å². The minimum absolute atomic E-state index is 0.00288. The van der Waals surface area contributed by atoms with Crippen LogP contribution in [0.1, 0.15) is 69.3 Å². The summed E-state index contributed by atoms with van der Waals surface area (Å²) in [6.07, 6.45) is 1.43. The predicted octanol–water partition coefficient (Wildman–Crippen LogP) is 6.64. The van der Waals surface area contributed by atoms with E-state index in [2.05, 4.69) is 23.0 Å². The number of ketones is 1. The fourth-order valence-electron chi connectivity index (χ4n) is 4.72. The zero-order valence-electron chi connectivity index (χ0n) is 28.5. The van der Waals surface area contributed by atoms with Crippen molar-refractivity contribution in [3.63, 3.8) is 0 Å². The van der Waals surface area contributed by atoms with Crippen molar-refractivity contribution < 1.29 is 31.9 Å². The van der Waals surface area contributed by atoms with Gasteiger partial charge < -0.3 is 20.4 Å². The largest absolute Gasteiger partial charge is 0.416 e. The number of nitrogens with zero attached hydrogens (tertiary/aromatic N) is 2. The predicted molar refractivity (Wildman–Crippen MR) is 188 cm³/mol. The van der Waals surface area contributed by atoms with Crippen LogP contribution in [0.2, 0.25) is 0 Å². The number of allylic oxidation sites excluding steroid dienone is 1. The second kappa shape index (κ2) is 18.1. The molecule has 7 nitrogen and oxygen atoms in total. The van der Waals surface area contributed by atoms with Gasteiger partial charge in [-0.15, -0.1) is 12.3 Å². The normalized spacial score (nSPS) is 11.8. The Hall–Kier alpha value is -4.86. The van der Waals surface area contributed by atoms with E-state index >= 15 is 0 Å². The van der Waals surface area contributed by atoms with Gasteiger partial charge in [0, 0.05) is 42.0 Å². The lowest BCUT2D eigenvalue weighted by atomic mass is 9.96. The van der Waals surface area contributed by atoms with E-state index in [0.29, 0.717) is 27.4 Å². The monoisotopic (exact) mass is 696 g/mol. The zero-order chi connectivity index (χ0) is 37.1. The summed E-state index contributed by atoms with van der Waals surface area (Å²) in [6.45, 7) is 6.22. The van der Waals surface area contributed by atoms with E-state index in [1.54, 1.807) is 73.1 Å². The van der Waals surface area contributed by atoms with Crippen LogP contribution in [0.4, 0.5) is 17.6 Å². The van der Waals surface area contributed by atoms with Crippen molar-refractivity contribution >= 4 is 40.5 Å². The third kappa shape index (κ3) is 10.8. The summed E-state index contributed by atoms with van der Waals surface area (Å²) in [5, 5.41) is 5.87. The van der Waals surface area contributed by atoms with Crippen molar-refractivity contribution in [3.05, 3.63) is 112 Å². The molecule has 0 saturated carbocycles. The summed E-state index contributed by atoms with van der Waals surface area (Å²) >= 11 is 5.36. The smallest absolute Gasteiger partial charge is 0.369 e. The molecule has 12 heteroatoms. The Labute approximate surface area is 290 Å². The number of nitrogens with one attached hydrogen (secondary N) is 2. The van der Waals surface area contributed by atoms with Crippen LogP contribution in [0.25, 0.3) is 5.70 Å². The number of rotatable bonds is 11. The SMILES string of the molecule is C#CC.C/C=C(/c1cccc(C(=O)N(C)C)c1C)N(Cc1cc(C(=O)c2ccc(F)cc2)cc(C(F)(F)F)c1)C(=O)CNC(=S)[C@H](C)NC. The second-order valence-electron chi connectivity index (χ2n) is 11.1. The molecule has 0 aromatic heterocycles. The van der Waals surface area contributed by atoms with Gasteiger partial charge >= 0.3 is 6.18 Å². The maximum absolute atomic E-state index is 14.1. The number of hydrogen-bond acceptors (Lipinski definition) is 5. The third-order valence-corrected chi connectivity index (χ3v) is 7.88. The van der Waals surface area contributed by atoms with Crippen molar-refractivity contribution in [2.24, 2.45) is 0 Å². The molecule has 0 aliphatic rings. The van der Waals surface area contributed by atoms with Gasteiger partial charge in [-0.2, -0.15) is 13.2 Å². The van der Waals surface area contributed by atoms with E-state index in [1.807, 2.05) is 0 Å². The summed E-state index contributed by atoms with van der Waals surface area (Å²) in [7, 11) is 4.92. The van der Waals surface area contributed by atoms with Crippen molar-refractivity contribution in [2.45, 2.75) is 46.5 Å². The molecule has 2 amide bonds. The van der Waals surface area contributed by atoms with Crippen LogP contribution in [0.5, 0.6) is 0 Å². The molecule has 1 atom stereocenters. The van der Waals surface area contributed by atoms with Gasteiger partial charge in [0.25, 0.3) is 5.91 Å². The number of halogens is 4. The number of amides is 2. The van der Waals surface area contributed by atoms with Crippen molar-refractivity contribution in [1.29, 1.82) is 0 Å². The van der Waals surface area contributed by atoms with E-state index in [0.717, 1.165) is 24.3 Å². The lowest BCUT2D eigenvalue weighted by Gasteiger charge is -2.29. The lowest BCUT2D eigenvalue weighted by molar-refractivity contribution is -0.137. The molecule has 3 rings (SSSR count). The van der Waals surface area contributed by atoms with Crippen molar-refractivity contribution in [3.8, 4) is 12.3 Å². The quantitative estimate of drug-likeness (QED) is 0.101. The Morgan fingerprint density at radius 1 is 1.02 bits per heavy atom. The number of hydrogen-bond donors (Lipinski definition) is 2. The van der Waals surface area contributed by atoms with Gasteiger partial charge in [0.05, 0.1) is 29.7 Å². The maximum Gasteiger partial charge on any atom is 0.416 e. The first-order valence-corrected chi connectivity index (χ1v) is 15.5. The Morgan fingerprint density at radius 2 is 1.61 bits per heavy atom. The molecule has 3 aromatic carbocycles. The highest BCUT2D eigenvalue weighted by Crippen LogP contribution is 2.33. The molecular weight excluding hydrogens is 656 g/mol. The van der Waals surface area contributed by atoms with Crippen LogP contribution in [0, 0.1) is 25.1 Å². The molecule has 0 unspecified atom stereocenters. The van der Waals surface area contributed by atoms with Gasteiger partial charge in [-0.25, -0.2) is 4.39 Å². The van der Waals surface area contributed by atoms with Gasteiger partial charge in [0.2, 0.25) is 5.91 Å². The van der Waals surface area contributed by atoms with Gasteiger partial charge in [-0.05, 0) is 94.4 Å². The van der Waals surface area contributed by atoms with Crippen LogP contribution in [-0.4, -0.2) is 66.1 Å². The zero-order valence-corrected chi connectivity index (χ0v) is 29.3. The number of benzene rings is 3. The molecule has 0 fully saturated rings. The number of terminal acetylenes is 1. The topological polar surface area (TPSA) is 81.8 Å². The van der Waals surface area contributed by atoms with E-state index in [4.69, 9.17) is 12.2 Å². The number of carbonyl (C=O) groups excluding carboxylic acids is 3. The van der Waals surface area contributed by atoms with Crippen LogP contribution in [-0.2, 0) is 17.5 Å². The van der Waals surface area contributed by atoms with Crippen LogP contribution < -0.4 is 10.6 Å². The molecule has 3 aromatic rings. The fraction of sp³-hybridized carbons (Fsp3) is 0.297. The summed E-state index contributed by atoms with van der Waals surface area (Å²) in [5.41, 5.74) is 0.488. The maximum atomic E-state index is 14.1. The number of carbonyl (C=O) groups is 3. The standard InChI is InChI=1S/C34H36F4N4O3S.C3H4/c1-7-29(27-9-8-10-28(20(27)2)33(45)41(5)6)42(30(43)18-40-32(46)21(3)39-4)19-22-15-24(17-25(16-22)34(36,37)38)31(44)23-11-13-26(35)14-12-23;1-3-2/h7-17,21,39H,18-19H2,1-6H3,(H,40,46);1H,2H3/b29-7-;/t21-;/m0./s1. The van der Waals surface area contributed by atoms with Crippen molar-refractivity contribution in [2.75, 3.05) is 27.7 Å². The number of thiocarbonyl (C=S) groups is 1. The molecule has 260 valence electrons. The molecular formula is C37H40F4N4O3S. The van der Waals surface area contributed by atoms with E-state index in [1.165, 1.54) is 28.0 Å². The van der Waals surface area contributed by atoms with Gasteiger partial charge in [0.15, 0.2) is 5.78 Å². The fourth-order valence-corrected chi connectivity index (χ4v) is 4.91. The molecule has 0 heterocycles. The molecule has 0 bridgehead atoms. The van der Waals surface area contributed by atoms with E-state index in [9.17, 15) is 31.9 Å². The summed E-state index contributed by atoms with van der Waals surface area (Å²) in [5.74, 6) is 0.127. The average molecular weight is 697 g/mol. The summed E-state index contributed by atoms with van der Waals surface area (Å²) < 4.78 is 55.8. The Bertz CT molecular complexity index is 1750. The molecule has 0 spiro atoms. The molecule has 2 N–H and O–H groups in total. The molecule has 0 aliphatic heterocycles. The molecule has 0 aliphatic carbocycles.